The second-order valence-corrected chi connectivity index (χ2v) is 1.85. The number of unbranched alkanes of at least 4 members (excludes halogenated alkanes) is 3. The van der Waals surface area contributed by atoms with Gasteiger partial charge in [-0.05, 0) is 0 Å². The molecule has 0 aliphatic heterocycles. The molecule has 2 heteroatoms. The van der Waals surface area contributed by atoms with Gasteiger partial charge in [-0.2, -0.15) is 0 Å². The first-order valence-corrected chi connectivity index (χ1v) is 3.55. The summed E-state index contributed by atoms with van der Waals surface area (Å²) in [5.41, 5.74) is 0. The predicted octanol–water partition coefficient (Wildman–Crippen LogP) is 1.52. The molecular formula is C7H18O2. The van der Waals surface area contributed by atoms with Gasteiger partial charge in [0.05, 0.1) is 0 Å². The molecule has 0 aliphatic rings. The molecule has 0 saturated heterocycles. The maximum absolute atomic E-state index is 7.12. The third-order valence-corrected chi connectivity index (χ3v) is 0.957. The van der Waals surface area contributed by atoms with Crippen LogP contribution in [-0.2, 0) is 0 Å². The third-order valence-electron chi connectivity index (χ3n) is 0.957. The molecule has 2 nitrogen and oxygen atoms in total. The molecule has 0 radical (unpaired) electrons. The first-order chi connectivity index (χ1) is 4.33. The Kier molecular flexibility index (Phi) is 20.3. The van der Waals surface area contributed by atoms with E-state index in [4.69, 9.17) is 10.2 Å². The maximum Gasteiger partial charge on any atom is 0.140 e. The fourth-order valence-corrected chi connectivity index (χ4v) is 0.500. The van der Waals surface area contributed by atoms with Gasteiger partial charge in [0.2, 0.25) is 0 Å². The van der Waals surface area contributed by atoms with E-state index in [0.29, 0.717) is 0 Å². The minimum absolute atomic E-state index is 0.750. The third kappa shape index (κ3) is 32.6. The molecule has 0 spiro atoms. The quantitative estimate of drug-likeness (QED) is 0.454. The van der Waals surface area contributed by atoms with Crippen LogP contribution in [0.1, 0.15) is 39.5 Å². The van der Waals surface area contributed by atoms with Gasteiger partial charge >= 0.3 is 0 Å². The van der Waals surface area contributed by atoms with Crippen LogP contribution in [-0.4, -0.2) is 17.0 Å². The summed E-state index contributed by atoms with van der Waals surface area (Å²) in [6.45, 7) is 3.71. The molecule has 0 aliphatic carbocycles. The Bertz CT molecular complexity index is 26.1. The Morgan fingerprint density at radius 2 is 1.11 bits per heavy atom. The van der Waals surface area contributed by atoms with Crippen LogP contribution in [0.25, 0.3) is 0 Å². The fraction of sp³-hybridized carbons (Fsp3) is 1.00. The molecule has 0 aromatic heterocycles. The van der Waals surface area contributed by atoms with Crippen molar-refractivity contribution in [2.45, 2.75) is 39.5 Å². The molecule has 9 heavy (non-hydrogen) atoms. The van der Waals surface area contributed by atoms with Crippen LogP contribution >= 0.6 is 0 Å². The lowest BCUT2D eigenvalue weighted by Gasteiger charge is -1.86. The number of hydrogen-bond donors (Lipinski definition) is 2. The first-order valence-electron chi connectivity index (χ1n) is 3.55. The van der Waals surface area contributed by atoms with Crippen LogP contribution in [0.4, 0.5) is 0 Å². The summed E-state index contributed by atoms with van der Waals surface area (Å²) < 4.78 is 0. The summed E-state index contributed by atoms with van der Waals surface area (Å²) >= 11 is 0. The minimum Gasteiger partial charge on any atom is -0.371 e. The van der Waals surface area contributed by atoms with E-state index in [2.05, 4.69) is 13.8 Å². The van der Waals surface area contributed by atoms with Crippen molar-refractivity contribution in [2.75, 3.05) is 6.79 Å². The first kappa shape index (κ1) is 11.7. The van der Waals surface area contributed by atoms with E-state index in [-0.39, 0.29) is 0 Å². The van der Waals surface area contributed by atoms with E-state index in [0.717, 1.165) is 0 Å². The van der Waals surface area contributed by atoms with Crippen LogP contribution in [0.15, 0.2) is 0 Å². The highest BCUT2D eigenvalue weighted by Crippen LogP contribution is 1.95. The van der Waals surface area contributed by atoms with Crippen molar-refractivity contribution in [1.29, 1.82) is 0 Å². The molecule has 0 amide bonds. The van der Waals surface area contributed by atoms with Crippen LogP contribution in [0.2, 0.25) is 0 Å². The van der Waals surface area contributed by atoms with Crippen LogP contribution in [0.5, 0.6) is 0 Å². The van der Waals surface area contributed by atoms with E-state index in [1.807, 2.05) is 0 Å². The van der Waals surface area contributed by atoms with E-state index in [1.54, 1.807) is 0 Å². The molecule has 0 aromatic rings. The summed E-state index contributed by atoms with van der Waals surface area (Å²) in [7, 11) is 0. The van der Waals surface area contributed by atoms with Crippen molar-refractivity contribution < 1.29 is 10.2 Å². The van der Waals surface area contributed by atoms with Crippen molar-refractivity contribution in [3.63, 3.8) is 0 Å². The zero-order valence-electron chi connectivity index (χ0n) is 6.43. The van der Waals surface area contributed by atoms with Crippen LogP contribution in [0, 0.1) is 0 Å². The Balaban J connectivity index is 0. The van der Waals surface area contributed by atoms with Crippen LogP contribution < -0.4 is 0 Å². The van der Waals surface area contributed by atoms with Gasteiger partial charge in [-0.3, -0.25) is 0 Å². The Morgan fingerprint density at radius 3 is 1.22 bits per heavy atom. The summed E-state index contributed by atoms with van der Waals surface area (Å²) in [6, 6.07) is 0. The molecular weight excluding hydrogens is 116 g/mol. The second-order valence-electron chi connectivity index (χ2n) is 1.85. The largest absolute Gasteiger partial charge is 0.371 e. The molecule has 0 bridgehead atoms. The van der Waals surface area contributed by atoms with E-state index in [9.17, 15) is 0 Å². The molecule has 0 unspecified atom stereocenters. The number of aliphatic hydroxyl groups excluding tert-OH is 1. The number of rotatable bonds is 3. The van der Waals surface area contributed by atoms with Gasteiger partial charge in [0, 0.05) is 0 Å². The molecule has 0 atom stereocenters. The van der Waals surface area contributed by atoms with Crippen molar-refractivity contribution in [1.82, 2.24) is 0 Å². The lowest BCUT2D eigenvalue weighted by atomic mass is 10.2. The summed E-state index contributed by atoms with van der Waals surface area (Å²) in [6.07, 6.45) is 5.54. The summed E-state index contributed by atoms with van der Waals surface area (Å²) in [4.78, 5) is 0. The molecule has 0 fully saturated rings. The zero-order chi connectivity index (χ0) is 7.54. The highest BCUT2D eigenvalue weighted by Gasteiger charge is 1.75. The van der Waals surface area contributed by atoms with Gasteiger partial charge in [0.1, 0.15) is 6.79 Å². The van der Waals surface area contributed by atoms with Gasteiger partial charge < -0.3 is 10.2 Å². The van der Waals surface area contributed by atoms with Crippen molar-refractivity contribution >= 4 is 0 Å². The van der Waals surface area contributed by atoms with Gasteiger partial charge in [-0.1, -0.05) is 39.5 Å². The van der Waals surface area contributed by atoms with Gasteiger partial charge in [0.15, 0.2) is 0 Å². The predicted molar refractivity (Wildman–Crippen MR) is 39.1 cm³/mol. The summed E-state index contributed by atoms with van der Waals surface area (Å²) in [5, 5.41) is 14.2. The number of hydrogen-bond acceptors (Lipinski definition) is 2. The zero-order valence-corrected chi connectivity index (χ0v) is 6.43. The van der Waals surface area contributed by atoms with Gasteiger partial charge in [0.25, 0.3) is 0 Å². The smallest absolute Gasteiger partial charge is 0.140 e. The molecule has 0 aromatic carbocycles. The average Bonchev–Trinajstić information content (AvgIpc) is 1.86. The van der Waals surface area contributed by atoms with E-state index < -0.39 is 6.79 Å². The Hall–Kier alpha value is -0.0800. The maximum atomic E-state index is 7.12. The van der Waals surface area contributed by atoms with Crippen LogP contribution in [0.3, 0.4) is 0 Å². The fourth-order valence-electron chi connectivity index (χ4n) is 0.500. The molecule has 0 rings (SSSR count). The minimum atomic E-state index is -0.750. The molecule has 0 heterocycles. The molecule has 2 N–H and O–H groups in total. The lowest BCUT2D eigenvalue weighted by Crippen LogP contribution is -1.66. The molecule has 0 saturated carbocycles. The molecule has 58 valence electrons. The van der Waals surface area contributed by atoms with E-state index >= 15 is 0 Å². The van der Waals surface area contributed by atoms with Crippen molar-refractivity contribution in [2.24, 2.45) is 0 Å². The lowest BCUT2D eigenvalue weighted by molar-refractivity contribution is 0.0773. The van der Waals surface area contributed by atoms with E-state index in [1.165, 1.54) is 25.7 Å². The standard InChI is InChI=1S/C6H14.CH4O2/c1-3-5-6-4-2;2-1-3/h3-6H2,1-2H3;2-3H,1H2. The monoisotopic (exact) mass is 134 g/mol. The van der Waals surface area contributed by atoms with Crippen molar-refractivity contribution in [3.05, 3.63) is 0 Å². The second kappa shape index (κ2) is 15.7. The summed E-state index contributed by atoms with van der Waals surface area (Å²) in [5.74, 6) is 0. The average molecular weight is 134 g/mol. The van der Waals surface area contributed by atoms with Gasteiger partial charge in [-0.25, -0.2) is 0 Å². The topological polar surface area (TPSA) is 40.5 Å². The Morgan fingerprint density at radius 1 is 0.889 bits per heavy atom. The Labute approximate surface area is 57.5 Å². The SMILES string of the molecule is CCCCCC.OCO. The normalized spacial score (nSPS) is 8.00. The van der Waals surface area contributed by atoms with Crippen molar-refractivity contribution in [3.8, 4) is 0 Å². The number of aliphatic hydroxyl groups is 2. The highest BCUT2D eigenvalue weighted by atomic mass is 16.5. The highest BCUT2D eigenvalue weighted by molar-refractivity contribution is 4.31. The van der Waals surface area contributed by atoms with Gasteiger partial charge in [-0.15, -0.1) is 0 Å².